The molecule has 0 atom stereocenters. The Balaban J connectivity index is 0.00000147. The Morgan fingerprint density at radius 2 is 1.60 bits per heavy atom. The molecule has 5 heteroatoms. The zero-order chi connectivity index (χ0) is 13.2. The first-order chi connectivity index (χ1) is 9.24. The van der Waals surface area contributed by atoms with Crippen molar-refractivity contribution >= 4 is 18.3 Å². The Kier molecular flexibility index (Phi) is 5.70. The van der Waals surface area contributed by atoms with Gasteiger partial charge in [0.25, 0.3) is 0 Å². The van der Waals surface area contributed by atoms with Gasteiger partial charge < -0.3 is 10.2 Å². The SMILES string of the molecule is CC1CCC(N2CCN(C(=O)C3CNC3)CC2)CC1.Cl. The van der Waals surface area contributed by atoms with Crippen LogP contribution in [0, 0.1) is 11.8 Å². The third kappa shape index (κ3) is 3.46. The van der Waals surface area contributed by atoms with Crippen molar-refractivity contribution in [3.05, 3.63) is 0 Å². The molecule has 1 N–H and O–H groups in total. The second kappa shape index (κ2) is 7.10. The molecule has 0 spiro atoms. The Morgan fingerprint density at radius 3 is 2.10 bits per heavy atom. The fourth-order valence-corrected chi connectivity index (χ4v) is 3.64. The minimum absolute atomic E-state index is 0. The van der Waals surface area contributed by atoms with Gasteiger partial charge in [-0.2, -0.15) is 0 Å². The highest BCUT2D eigenvalue weighted by Crippen LogP contribution is 2.27. The van der Waals surface area contributed by atoms with Crippen LogP contribution in [-0.4, -0.2) is 61.0 Å². The fraction of sp³-hybridized carbons (Fsp3) is 0.933. The summed E-state index contributed by atoms with van der Waals surface area (Å²) in [5, 5.41) is 3.19. The molecule has 4 nitrogen and oxygen atoms in total. The molecule has 3 fully saturated rings. The molecule has 0 aromatic heterocycles. The predicted molar refractivity (Wildman–Crippen MR) is 83.2 cm³/mol. The van der Waals surface area contributed by atoms with Gasteiger partial charge in [-0.25, -0.2) is 0 Å². The van der Waals surface area contributed by atoms with Gasteiger partial charge in [0.05, 0.1) is 5.92 Å². The van der Waals surface area contributed by atoms with Crippen LogP contribution in [0.1, 0.15) is 32.6 Å². The van der Waals surface area contributed by atoms with Gasteiger partial charge in [-0.05, 0) is 31.6 Å². The van der Waals surface area contributed by atoms with Crippen LogP contribution in [0.3, 0.4) is 0 Å². The Morgan fingerprint density at radius 1 is 1.00 bits per heavy atom. The molecule has 20 heavy (non-hydrogen) atoms. The van der Waals surface area contributed by atoms with E-state index in [0.29, 0.717) is 5.91 Å². The summed E-state index contributed by atoms with van der Waals surface area (Å²) in [5.74, 6) is 1.57. The van der Waals surface area contributed by atoms with Crippen molar-refractivity contribution in [2.24, 2.45) is 11.8 Å². The summed E-state index contributed by atoms with van der Waals surface area (Å²) in [4.78, 5) is 16.9. The van der Waals surface area contributed by atoms with Crippen LogP contribution in [0.5, 0.6) is 0 Å². The van der Waals surface area contributed by atoms with Gasteiger partial charge in [-0.15, -0.1) is 12.4 Å². The molecule has 2 heterocycles. The number of nitrogens with one attached hydrogen (secondary N) is 1. The van der Waals surface area contributed by atoms with Gasteiger partial charge in [0, 0.05) is 45.3 Å². The van der Waals surface area contributed by atoms with E-state index >= 15 is 0 Å². The van der Waals surface area contributed by atoms with Crippen LogP contribution < -0.4 is 5.32 Å². The number of hydrogen-bond acceptors (Lipinski definition) is 3. The zero-order valence-corrected chi connectivity index (χ0v) is 13.3. The van der Waals surface area contributed by atoms with Crippen LogP contribution in [0.15, 0.2) is 0 Å². The van der Waals surface area contributed by atoms with Crippen LogP contribution in [0.25, 0.3) is 0 Å². The molecule has 0 unspecified atom stereocenters. The molecule has 2 saturated heterocycles. The lowest BCUT2D eigenvalue weighted by Gasteiger charge is -2.43. The summed E-state index contributed by atoms with van der Waals surface area (Å²) in [5.41, 5.74) is 0. The maximum atomic E-state index is 12.2. The quantitative estimate of drug-likeness (QED) is 0.836. The van der Waals surface area contributed by atoms with E-state index in [4.69, 9.17) is 0 Å². The average molecular weight is 302 g/mol. The summed E-state index contributed by atoms with van der Waals surface area (Å²) >= 11 is 0. The van der Waals surface area contributed by atoms with Crippen molar-refractivity contribution < 1.29 is 4.79 Å². The molecule has 0 aromatic carbocycles. The summed E-state index contributed by atoms with van der Waals surface area (Å²) in [7, 11) is 0. The number of piperazine rings is 1. The van der Waals surface area contributed by atoms with Crippen LogP contribution >= 0.6 is 12.4 Å². The number of halogens is 1. The van der Waals surface area contributed by atoms with Gasteiger partial charge >= 0.3 is 0 Å². The Hall–Kier alpha value is -0.320. The van der Waals surface area contributed by atoms with Crippen molar-refractivity contribution in [3.63, 3.8) is 0 Å². The number of nitrogens with zero attached hydrogens (tertiary/aromatic N) is 2. The standard InChI is InChI=1S/C15H27N3O.ClH/c1-12-2-4-14(5-3-12)17-6-8-18(9-7-17)15(19)13-10-16-11-13;/h12-14,16H,2-11H2,1H3;1H. The number of amides is 1. The highest BCUT2D eigenvalue weighted by atomic mass is 35.5. The summed E-state index contributed by atoms with van der Waals surface area (Å²) in [6, 6.07) is 0.791. The van der Waals surface area contributed by atoms with Crippen molar-refractivity contribution in [3.8, 4) is 0 Å². The summed E-state index contributed by atoms with van der Waals surface area (Å²) in [6.45, 7) is 8.22. The maximum absolute atomic E-state index is 12.2. The van der Waals surface area contributed by atoms with E-state index in [1.54, 1.807) is 0 Å². The number of rotatable bonds is 2. The van der Waals surface area contributed by atoms with E-state index < -0.39 is 0 Å². The molecule has 3 aliphatic rings. The highest BCUT2D eigenvalue weighted by Gasteiger charge is 2.33. The van der Waals surface area contributed by atoms with Crippen LogP contribution in [0.4, 0.5) is 0 Å². The minimum atomic E-state index is 0. The van der Waals surface area contributed by atoms with Gasteiger partial charge in [0.2, 0.25) is 5.91 Å². The second-order valence-electron chi connectivity index (χ2n) is 6.63. The van der Waals surface area contributed by atoms with Gasteiger partial charge in [0.1, 0.15) is 0 Å². The van der Waals surface area contributed by atoms with E-state index in [1.165, 1.54) is 25.7 Å². The number of carbonyl (C=O) groups excluding carboxylic acids is 1. The van der Waals surface area contributed by atoms with Crippen molar-refractivity contribution in [1.29, 1.82) is 0 Å². The van der Waals surface area contributed by atoms with Crippen LogP contribution in [-0.2, 0) is 4.79 Å². The van der Waals surface area contributed by atoms with Crippen molar-refractivity contribution in [1.82, 2.24) is 15.1 Å². The number of hydrogen-bond donors (Lipinski definition) is 1. The topological polar surface area (TPSA) is 35.6 Å². The molecule has 3 rings (SSSR count). The zero-order valence-electron chi connectivity index (χ0n) is 12.5. The molecule has 1 saturated carbocycles. The van der Waals surface area contributed by atoms with Gasteiger partial charge in [-0.1, -0.05) is 6.92 Å². The molecule has 1 aliphatic carbocycles. The molecular weight excluding hydrogens is 274 g/mol. The van der Waals surface area contributed by atoms with E-state index in [9.17, 15) is 4.79 Å². The summed E-state index contributed by atoms with van der Waals surface area (Å²) in [6.07, 6.45) is 5.50. The van der Waals surface area contributed by atoms with E-state index in [1.807, 2.05) is 0 Å². The van der Waals surface area contributed by atoms with Gasteiger partial charge in [-0.3, -0.25) is 9.69 Å². The predicted octanol–water partition coefficient (Wildman–Crippen LogP) is 1.35. The first-order valence-electron chi connectivity index (χ1n) is 7.97. The van der Waals surface area contributed by atoms with E-state index in [0.717, 1.165) is 51.2 Å². The molecule has 0 radical (unpaired) electrons. The first kappa shape index (κ1) is 16.1. The lowest BCUT2D eigenvalue weighted by molar-refractivity contribution is -0.139. The average Bonchev–Trinajstić information content (AvgIpc) is 2.38. The molecule has 1 amide bonds. The molecule has 0 bridgehead atoms. The second-order valence-corrected chi connectivity index (χ2v) is 6.63. The summed E-state index contributed by atoms with van der Waals surface area (Å²) < 4.78 is 0. The van der Waals surface area contributed by atoms with E-state index in [-0.39, 0.29) is 18.3 Å². The number of carbonyl (C=O) groups is 1. The Bertz CT molecular complexity index is 319. The van der Waals surface area contributed by atoms with E-state index in [2.05, 4.69) is 22.0 Å². The Labute approximate surface area is 128 Å². The van der Waals surface area contributed by atoms with Crippen molar-refractivity contribution in [2.45, 2.75) is 38.6 Å². The normalized spacial score (nSPS) is 32.4. The lowest BCUT2D eigenvalue weighted by Crippen LogP contribution is -2.57. The molecular formula is C15H28ClN3O. The molecule has 0 aromatic rings. The highest BCUT2D eigenvalue weighted by molar-refractivity contribution is 5.85. The molecule has 2 aliphatic heterocycles. The molecule has 116 valence electrons. The monoisotopic (exact) mass is 301 g/mol. The largest absolute Gasteiger partial charge is 0.340 e. The smallest absolute Gasteiger partial charge is 0.228 e. The fourth-order valence-electron chi connectivity index (χ4n) is 3.64. The maximum Gasteiger partial charge on any atom is 0.228 e. The third-order valence-electron chi connectivity index (χ3n) is 5.26. The third-order valence-corrected chi connectivity index (χ3v) is 5.26. The van der Waals surface area contributed by atoms with Crippen molar-refractivity contribution in [2.75, 3.05) is 39.3 Å². The minimum Gasteiger partial charge on any atom is -0.340 e. The first-order valence-corrected chi connectivity index (χ1v) is 7.97. The van der Waals surface area contributed by atoms with Gasteiger partial charge in [0.15, 0.2) is 0 Å². The lowest BCUT2D eigenvalue weighted by atomic mass is 9.86. The van der Waals surface area contributed by atoms with Crippen LogP contribution in [0.2, 0.25) is 0 Å².